The number of nitrogens with one attached hydrogen (secondary N) is 1. The van der Waals surface area contributed by atoms with Gasteiger partial charge in [0.25, 0.3) is 0 Å². The molecule has 1 heterocycles. The van der Waals surface area contributed by atoms with Crippen molar-refractivity contribution < 1.29 is 4.74 Å². The maximum absolute atomic E-state index is 5.58. The highest BCUT2D eigenvalue weighted by atomic mass is 16.5. The van der Waals surface area contributed by atoms with E-state index in [1.165, 1.54) is 5.52 Å². The minimum absolute atomic E-state index is 0.711. The second kappa shape index (κ2) is 7.41. The van der Waals surface area contributed by atoms with E-state index in [9.17, 15) is 0 Å². The van der Waals surface area contributed by atoms with Gasteiger partial charge in [-0.15, -0.1) is 0 Å². The summed E-state index contributed by atoms with van der Waals surface area (Å²) in [7, 11) is 2.06. The Labute approximate surface area is 121 Å². The summed E-state index contributed by atoms with van der Waals surface area (Å²) in [5.74, 6) is 1.77. The van der Waals surface area contributed by atoms with Gasteiger partial charge in [-0.1, -0.05) is 26.0 Å². The van der Waals surface area contributed by atoms with E-state index in [2.05, 4.69) is 41.8 Å². The van der Waals surface area contributed by atoms with E-state index in [1.807, 2.05) is 18.2 Å². The first kappa shape index (κ1) is 15.0. The Morgan fingerprint density at radius 3 is 2.80 bits per heavy atom. The predicted octanol–water partition coefficient (Wildman–Crippen LogP) is 2.73. The summed E-state index contributed by atoms with van der Waals surface area (Å²) in [6, 6.07) is 8.22. The highest BCUT2D eigenvalue weighted by Gasteiger charge is 2.05. The zero-order valence-electron chi connectivity index (χ0n) is 12.7. The number of aromatic nitrogens is 2. The molecule has 4 heteroatoms. The summed E-state index contributed by atoms with van der Waals surface area (Å²) < 4.78 is 7.72. The number of nitrogens with zero attached hydrogens (tertiary/aromatic N) is 2. The van der Waals surface area contributed by atoms with Crippen molar-refractivity contribution in [2.75, 3.05) is 19.8 Å². The lowest BCUT2D eigenvalue weighted by atomic mass is 10.1. The van der Waals surface area contributed by atoms with E-state index in [0.29, 0.717) is 5.92 Å². The molecular formula is C16H25N3O. The number of ether oxygens (including phenoxy) is 1. The molecule has 0 bridgehead atoms. The number of benzene rings is 1. The molecule has 0 fully saturated rings. The number of hydrogen-bond donors (Lipinski definition) is 1. The van der Waals surface area contributed by atoms with Gasteiger partial charge in [-0.25, -0.2) is 4.98 Å². The van der Waals surface area contributed by atoms with Gasteiger partial charge >= 0.3 is 0 Å². The van der Waals surface area contributed by atoms with Gasteiger partial charge < -0.3 is 14.6 Å². The molecule has 0 atom stereocenters. The lowest BCUT2D eigenvalue weighted by molar-refractivity contribution is 0.125. The zero-order chi connectivity index (χ0) is 14.4. The van der Waals surface area contributed by atoms with Crippen LogP contribution in [-0.4, -0.2) is 29.3 Å². The third kappa shape index (κ3) is 4.05. The van der Waals surface area contributed by atoms with Crippen molar-refractivity contribution in [3.63, 3.8) is 0 Å². The minimum atomic E-state index is 0.711. The molecule has 0 saturated heterocycles. The largest absolute Gasteiger partial charge is 0.380 e. The first-order valence-corrected chi connectivity index (χ1v) is 7.37. The van der Waals surface area contributed by atoms with Gasteiger partial charge in [0.1, 0.15) is 5.82 Å². The third-order valence-electron chi connectivity index (χ3n) is 3.43. The second-order valence-electron chi connectivity index (χ2n) is 5.55. The molecule has 4 nitrogen and oxygen atoms in total. The van der Waals surface area contributed by atoms with E-state index in [1.54, 1.807) is 0 Å². The quantitative estimate of drug-likeness (QED) is 0.753. The van der Waals surface area contributed by atoms with Gasteiger partial charge in [0.05, 0.1) is 24.2 Å². The SMILES string of the molecule is CC(C)CCOCCNCc1nc2ccccc2n1C. The molecular weight excluding hydrogens is 250 g/mol. The number of aryl methyl sites for hydroxylation is 1. The van der Waals surface area contributed by atoms with Crippen LogP contribution in [0.3, 0.4) is 0 Å². The van der Waals surface area contributed by atoms with Crippen LogP contribution in [0.5, 0.6) is 0 Å². The van der Waals surface area contributed by atoms with Gasteiger partial charge in [-0.2, -0.15) is 0 Å². The summed E-state index contributed by atoms with van der Waals surface area (Å²) >= 11 is 0. The summed E-state index contributed by atoms with van der Waals surface area (Å²) in [4.78, 5) is 4.63. The number of rotatable bonds is 8. The van der Waals surface area contributed by atoms with Gasteiger partial charge in [-0.3, -0.25) is 0 Å². The maximum atomic E-state index is 5.58. The number of imidazole rings is 1. The van der Waals surface area contributed by atoms with Gasteiger partial charge in [0.15, 0.2) is 0 Å². The number of para-hydroxylation sites is 2. The second-order valence-corrected chi connectivity index (χ2v) is 5.55. The van der Waals surface area contributed by atoms with Crippen LogP contribution in [0.1, 0.15) is 26.1 Å². The normalized spacial score (nSPS) is 11.6. The standard InChI is InChI=1S/C16H25N3O/c1-13(2)8-10-20-11-9-17-12-16-18-14-6-4-5-7-15(14)19(16)3/h4-7,13,17H,8-12H2,1-3H3. The fourth-order valence-electron chi connectivity index (χ4n) is 2.12. The highest BCUT2D eigenvalue weighted by molar-refractivity contribution is 5.75. The van der Waals surface area contributed by atoms with Crippen LogP contribution in [0.4, 0.5) is 0 Å². The van der Waals surface area contributed by atoms with Crippen LogP contribution in [0, 0.1) is 5.92 Å². The van der Waals surface area contributed by atoms with Crippen molar-refractivity contribution in [1.82, 2.24) is 14.9 Å². The average Bonchev–Trinajstić information content (AvgIpc) is 2.75. The van der Waals surface area contributed by atoms with E-state index >= 15 is 0 Å². The Kier molecular flexibility index (Phi) is 5.56. The molecule has 1 aromatic carbocycles. The van der Waals surface area contributed by atoms with E-state index in [0.717, 1.165) is 44.1 Å². The molecule has 20 heavy (non-hydrogen) atoms. The summed E-state index contributed by atoms with van der Waals surface area (Å²) in [5, 5.41) is 3.38. The number of hydrogen-bond acceptors (Lipinski definition) is 3. The predicted molar refractivity (Wildman–Crippen MR) is 82.7 cm³/mol. The molecule has 0 unspecified atom stereocenters. The van der Waals surface area contributed by atoms with Crippen LogP contribution in [0.2, 0.25) is 0 Å². The minimum Gasteiger partial charge on any atom is -0.380 e. The molecule has 110 valence electrons. The van der Waals surface area contributed by atoms with E-state index in [-0.39, 0.29) is 0 Å². The Balaban J connectivity index is 1.72. The Morgan fingerprint density at radius 2 is 2.05 bits per heavy atom. The Hall–Kier alpha value is -1.39. The fraction of sp³-hybridized carbons (Fsp3) is 0.562. The highest BCUT2D eigenvalue weighted by Crippen LogP contribution is 2.13. The lowest BCUT2D eigenvalue weighted by Gasteiger charge is -2.07. The van der Waals surface area contributed by atoms with Gasteiger partial charge in [0, 0.05) is 20.2 Å². The van der Waals surface area contributed by atoms with Crippen LogP contribution in [0.25, 0.3) is 11.0 Å². The van der Waals surface area contributed by atoms with Crippen molar-refractivity contribution in [2.45, 2.75) is 26.8 Å². The Bertz CT molecular complexity index is 534. The average molecular weight is 275 g/mol. The molecule has 1 N–H and O–H groups in total. The van der Waals surface area contributed by atoms with Crippen LogP contribution in [0.15, 0.2) is 24.3 Å². The Morgan fingerprint density at radius 1 is 1.25 bits per heavy atom. The van der Waals surface area contributed by atoms with Gasteiger partial charge in [-0.05, 0) is 24.5 Å². The molecule has 1 aromatic heterocycles. The lowest BCUT2D eigenvalue weighted by Crippen LogP contribution is -2.21. The molecule has 0 aliphatic heterocycles. The first-order valence-electron chi connectivity index (χ1n) is 7.37. The molecule has 2 rings (SSSR count). The summed E-state index contributed by atoms with van der Waals surface area (Å²) in [6.45, 7) is 7.68. The third-order valence-corrected chi connectivity index (χ3v) is 3.43. The van der Waals surface area contributed by atoms with Crippen LogP contribution >= 0.6 is 0 Å². The summed E-state index contributed by atoms with van der Waals surface area (Å²) in [5.41, 5.74) is 2.23. The first-order chi connectivity index (χ1) is 9.68. The summed E-state index contributed by atoms with van der Waals surface area (Å²) in [6.07, 6.45) is 1.13. The monoisotopic (exact) mass is 275 g/mol. The zero-order valence-corrected chi connectivity index (χ0v) is 12.7. The van der Waals surface area contributed by atoms with E-state index < -0.39 is 0 Å². The van der Waals surface area contributed by atoms with Crippen molar-refractivity contribution in [2.24, 2.45) is 13.0 Å². The molecule has 0 saturated carbocycles. The van der Waals surface area contributed by atoms with Crippen molar-refractivity contribution in [3.8, 4) is 0 Å². The smallest absolute Gasteiger partial charge is 0.123 e. The topological polar surface area (TPSA) is 39.1 Å². The van der Waals surface area contributed by atoms with Crippen LogP contribution in [-0.2, 0) is 18.3 Å². The molecule has 2 aromatic rings. The molecule has 0 amide bonds. The van der Waals surface area contributed by atoms with Crippen molar-refractivity contribution in [3.05, 3.63) is 30.1 Å². The van der Waals surface area contributed by atoms with Crippen molar-refractivity contribution >= 4 is 11.0 Å². The van der Waals surface area contributed by atoms with Crippen molar-refractivity contribution in [1.29, 1.82) is 0 Å². The molecule has 0 radical (unpaired) electrons. The molecule has 0 aliphatic carbocycles. The fourth-order valence-corrected chi connectivity index (χ4v) is 2.12. The van der Waals surface area contributed by atoms with Gasteiger partial charge in [0.2, 0.25) is 0 Å². The van der Waals surface area contributed by atoms with Crippen LogP contribution < -0.4 is 5.32 Å². The molecule has 0 spiro atoms. The molecule has 0 aliphatic rings. The van der Waals surface area contributed by atoms with E-state index in [4.69, 9.17) is 4.74 Å². The number of fused-ring (bicyclic) bond motifs is 1. The maximum Gasteiger partial charge on any atom is 0.123 e.